The van der Waals surface area contributed by atoms with Gasteiger partial charge >= 0.3 is 0 Å². The lowest BCUT2D eigenvalue weighted by Crippen LogP contribution is -2.12. The average molecular weight is 179 g/mol. The second kappa shape index (κ2) is 4.40. The molecule has 0 aliphatic rings. The van der Waals surface area contributed by atoms with E-state index in [-0.39, 0.29) is 12.6 Å². The van der Waals surface area contributed by atoms with Gasteiger partial charge in [-0.05, 0) is 37.0 Å². The lowest BCUT2D eigenvalue weighted by Gasteiger charge is -2.11. The topological polar surface area (TPSA) is 46.2 Å². The van der Waals surface area contributed by atoms with Gasteiger partial charge < -0.3 is 10.8 Å². The molecule has 0 fully saturated rings. The molecule has 13 heavy (non-hydrogen) atoms. The minimum atomic E-state index is -0.0377. The second-order valence-electron chi connectivity index (χ2n) is 3.46. The molecule has 0 aromatic heterocycles. The molecule has 0 bridgehead atoms. The molecule has 0 aliphatic carbocycles. The molecule has 0 radical (unpaired) electrons. The molecule has 0 saturated carbocycles. The van der Waals surface area contributed by atoms with Gasteiger partial charge in [0, 0.05) is 12.6 Å². The highest BCUT2D eigenvalue weighted by Gasteiger charge is 2.05. The van der Waals surface area contributed by atoms with Crippen LogP contribution in [0.15, 0.2) is 18.2 Å². The van der Waals surface area contributed by atoms with Gasteiger partial charge in [-0.15, -0.1) is 0 Å². The Bertz CT molecular complexity index is 283. The third kappa shape index (κ3) is 2.54. The van der Waals surface area contributed by atoms with Crippen LogP contribution in [0.4, 0.5) is 0 Å². The molecular formula is C11H17NO. The number of benzene rings is 1. The van der Waals surface area contributed by atoms with Gasteiger partial charge in [0.1, 0.15) is 0 Å². The zero-order valence-electron chi connectivity index (χ0n) is 8.25. The van der Waals surface area contributed by atoms with Crippen LogP contribution in [0.25, 0.3) is 0 Å². The van der Waals surface area contributed by atoms with E-state index in [1.165, 1.54) is 11.1 Å². The summed E-state index contributed by atoms with van der Waals surface area (Å²) in [6, 6.07) is 6.16. The molecule has 1 atom stereocenters. The fourth-order valence-electron chi connectivity index (χ4n) is 1.30. The van der Waals surface area contributed by atoms with Gasteiger partial charge in [0.05, 0.1) is 0 Å². The third-order valence-electron chi connectivity index (χ3n) is 2.40. The number of aryl methyl sites for hydroxylation is 2. The van der Waals surface area contributed by atoms with E-state index in [1.54, 1.807) is 0 Å². The zero-order chi connectivity index (χ0) is 9.84. The van der Waals surface area contributed by atoms with Crippen LogP contribution in [0.3, 0.4) is 0 Å². The second-order valence-corrected chi connectivity index (χ2v) is 3.46. The molecule has 1 rings (SSSR count). The van der Waals surface area contributed by atoms with Crippen molar-refractivity contribution in [2.24, 2.45) is 5.73 Å². The highest BCUT2D eigenvalue weighted by Crippen LogP contribution is 2.17. The standard InChI is InChI=1S/C11H17NO/c1-8-3-4-10(7-9(8)2)11(12)5-6-13/h3-4,7,11,13H,5-6,12H2,1-2H3/t11-/m0/s1. The first-order valence-electron chi connectivity index (χ1n) is 4.58. The van der Waals surface area contributed by atoms with E-state index in [9.17, 15) is 0 Å². The summed E-state index contributed by atoms with van der Waals surface area (Å²) < 4.78 is 0. The van der Waals surface area contributed by atoms with Crippen LogP contribution < -0.4 is 5.73 Å². The summed E-state index contributed by atoms with van der Waals surface area (Å²) in [5.41, 5.74) is 9.51. The van der Waals surface area contributed by atoms with Crippen LogP contribution in [0.1, 0.15) is 29.2 Å². The number of aliphatic hydroxyl groups excluding tert-OH is 1. The number of rotatable bonds is 3. The maximum atomic E-state index is 8.74. The minimum absolute atomic E-state index is 0.0377. The molecule has 1 aromatic rings. The summed E-state index contributed by atoms with van der Waals surface area (Å²) in [5.74, 6) is 0. The third-order valence-corrected chi connectivity index (χ3v) is 2.40. The van der Waals surface area contributed by atoms with Crippen molar-refractivity contribution in [1.82, 2.24) is 0 Å². The van der Waals surface area contributed by atoms with E-state index in [4.69, 9.17) is 10.8 Å². The molecule has 0 spiro atoms. The summed E-state index contributed by atoms with van der Waals surface area (Å²) in [4.78, 5) is 0. The smallest absolute Gasteiger partial charge is 0.0449 e. The maximum Gasteiger partial charge on any atom is 0.0449 e. The first-order valence-corrected chi connectivity index (χ1v) is 4.58. The lowest BCUT2D eigenvalue weighted by atomic mass is 10.00. The fourth-order valence-corrected chi connectivity index (χ4v) is 1.30. The molecule has 72 valence electrons. The molecule has 1 aromatic carbocycles. The van der Waals surface area contributed by atoms with Crippen LogP contribution in [0, 0.1) is 13.8 Å². The maximum absolute atomic E-state index is 8.74. The Kier molecular flexibility index (Phi) is 3.46. The highest BCUT2D eigenvalue weighted by molar-refractivity contribution is 5.31. The summed E-state index contributed by atoms with van der Waals surface area (Å²) in [6.07, 6.45) is 0.627. The van der Waals surface area contributed by atoms with Gasteiger partial charge in [-0.2, -0.15) is 0 Å². The van der Waals surface area contributed by atoms with Crippen LogP contribution in [-0.4, -0.2) is 11.7 Å². The van der Waals surface area contributed by atoms with Gasteiger partial charge in [0.2, 0.25) is 0 Å². The predicted octanol–water partition coefficient (Wildman–Crippen LogP) is 1.69. The lowest BCUT2D eigenvalue weighted by molar-refractivity contribution is 0.276. The van der Waals surface area contributed by atoms with Crippen molar-refractivity contribution in [1.29, 1.82) is 0 Å². The Morgan fingerprint density at radius 3 is 2.54 bits per heavy atom. The molecule has 2 heteroatoms. The SMILES string of the molecule is Cc1ccc([C@@H](N)CCO)cc1C. The molecule has 0 amide bonds. The van der Waals surface area contributed by atoms with Crippen molar-refractivity contribution in [3.8, 4) is 0 Å². The summed E-state index contributed by atoms with van der Waals surface area (Å²) >= 11 is 0. The van der Waals surface area contributed by atoms with E-state index in [0.29, 0.717) is 6.42 Å². The van der Waals surface area contributed by atoms with Crippen molar-refractivity contribution in [2.45, 2.75) is 26.3 Å². The minimum Gasteiger partial charge on any atom is -0.396 e. The van der Waals surface area contributed by atoms with E-state index in [0.717, 1.165) is 5.56 Å². The van der Waals surface area contributed by atoms with Crippen LogP contribution in [0.2, 0.25) is 0 Å². The Hall–Kier alpha value is -0.860. The van der Waals surface area contributed by atoms with Crippen molar-refractivity contribution in [3.63, 3.8) is 0 Å². The van der Waals surface area contributed by atoms with Crippen molar-refractivity contribution in [3.05, 3.63) is 34.9 Å². The Labute approximate surface area is 79.4 Å². The first kappa shape index (κ1) is 10.2. The Morgan fingerprint density at radius 2 is 2.00 bits per heavy atom. The Balaban J connectivity index is 2.84. The molecule has 0 unspecified atom stereocenters. The van der Waals surface area contributed by atoms with Crippen molar-refractivity contribution < 1.29 is 5.11 Å². The van der Waals surface area contributed by atoms with E-state index < -0.39 is 0 Å². The summed E-state index contributed by atoms with van der Waals surface area (Å²) in [5, 5.41) is 8.74. The molecule has 3 N–H and O–H groups in total. The number of hydrogen-bond acceptors (Lipinski definition) is 2. The van der Waals surface area contributed by atoms with Crippen molar-refractivity contribution in [2.75, 3.05) is 6.61 Å². The fraction of sp³-hybridized carbons (Fsp3) is 0.455. The van der Waals surface area contributed by atoms with Crippen LogP contribution >= 0.6 is 0 Å². The van der Waals surface area contributed by atoms with Crippen LogP contribution in [0.5, 0.6) is 0 Å². The van der Waals surface area contributed by atoms with Gasteiger partial charge in [-0.1, -0.05) is 18.2 Å². The number of nitrogens with two attached hydrogens (primary N) is 1. The Morgan fingerprint density at radius 1 is 1.31 bits per heavy atom. The average Bonchev–Trinajstić information content (AvgIpc) is 2.10. The quantitative estimate of drug-likeness (QED) is 0.741. The first-order chi connectivity index (χ1) is 6.15. The highest BCUT2D eigenvalue weighted by atomic mass is 16.3. The van der Waals surface area contributed by atoms with E-state index in [1.807, 2.05) is 6.07 Å². The normalized spacial score (nSPS) is 12.9. The van der Waals surface area contributed by atoms with Gasteiger partial charge in [0.25, 0.3) is 0 Å². The summed E-state index contributed by atoms with van der Waals surface area (Å²) in [6.45, 7) is 4.30. The molecule has 2 nitrogen and oxygen atoms in total. The number of hydrogen-bond donors (Lipinski definition) is 2. The molecular weight excluding hydrogens is 162 g/mol. The van der Waals surface area contributed by atoms with E-state index >= 15 is 0 Å². The van der Waals surface area contributed by atoms with E-state index in [2.05, 4.69) is 26.0 Å². The number of aliphatic hydroxyl groups is 1. The predicted molar refractivity (Wildman–Crippen MR) is 54.5 cm³/mol. The molecule has 0 heterocycles. The van der Waals surface area contributed by atoms with Gasteiger partial charge in [-0.25, -0.2) is 0 Å². The van der Waals surface area contributed by atoms with Gasteiger partial charge in [0.15, 0.2) is 0 Å². The monoisotopic (exact) mass is 179 g/mol. The van der Waals surface area contributed by atoms with Crippen molar-refractivity contribution >= 4 is 0 Å². The van der Waals surface area contributed by atoms with Crippen LogP contribution in [-0.2, 0) is 0 Å². The van der Waals surface area contributed by atoms with Gasteiger partial charge in [-0.3, -0.25) is 0 Å². The largest absolute Gasteiger partial charge is 0.396 e. The zero-order valence-corrected chi connectivity index (χ0v) is 8.25. The summed E-state index contributed by atoms with van der Waals surface area (Å²) in [7, 11) is 0. The molecule has 0 aliphatic heterocycles. The molecule has 0 saturated heterocycles.